The van der Waals surface area contributed by atoms with Crippen molar-refractivity contribution in [1.82, 2.24) is 0 Å². The van der Waals surface area contributed by atoms with Crippen molar-refractivity contribution in [3.63, 3.8) is 0 Å². The van der Waals surface area contributed by atoms with E-state index in [0.717, 1.165) is 0 Å². The molecule has 0 atom stereocenters. The average Bonchev–Trinajstić information content (AvgIpc) is 2.38. The first kappa shape index (κ1) is 10.7. The predicted octanol–water partition coefficient (Wildman–Crippen LogP) is 1.70. The van der Waals surface area contributed by atoms with Crippen LogP contribution in [0.2, 0.25) is 0 Å². The maximum atomic E-state index is 12.2. The van der Waals surface area contributed by atoms with Crippen molar-refractivity contribution in [2.24, 2.45) is 10.7 Å². The largest absolute Gasteiger partial charge is 0.366 e. The van der Waals surface area contributed by atoms with E-state index >= 15 is 0 Å². The number of carbonyl (C=O) groups is 2. The van der Waals surface area contributed by atoms with Crippen molar-refractivity contribution in [1.29, 1.82) is 0 Å². The number of hydrogen-bond acceptors (Lipinski definition) is 3. The van der Waals surface area contributed by atoms with Gasteiger partial charge in [0.25, 0.3) is 0 Å². The number of para-hydroxylation sites is 1. The molecule has 4 nitrogen and oxygen atoms in total. The molecular formula is C14H10N2O2. The fourth-order valence-electron chi connectivity index (χ4n) is 2.14. The summed E-state index contributed by atoms with van der Waals surface area (Å²) >= 11 is 0. The van der Waals surface area contributed by atoms with Crippen LogP contribution in [0, 0.1) is 0 Å². The Balaban J connectivity index is 2.14. The van der Waals surface area contributed by atoms with Crippen molar-refractivity contribution in [3.8, 4) is 0 Å². The zero-order chi connectivity index (χ0) is 12.7. The van der Waals surface area contributed by atoms with Crippen LogP contribution >= 0.6 is 0 Å². The van der Waals surface area contributed by atoms with Gasteiger partial charge in [-0.2, -0.15) is 0 Å². The van der Waals surface area contributed by atoms with Gasteiger partial charge < -0.3 is 5.73 Å². The van der Waals surface area contributed by atoms with Crippen LogP contribution in [0.3, 0.4) is 0 Å². The van der Waals surface area contributed by atoms with Crippen LogP contribution in [0.1, 0.15) is 16.8 Å². The van der Waals surface area contributed by atoms with Crippen LogP contribution in [0.25, 0.3) is 0 Å². The van der Waals surface area contributed by atoms with E-state index in [0.29, 0.717) is 34.5 Å². The van der Waals surface area contributed by atoms with Crippen LogP contribution in [-0.4, -0.2) is 17.4 Å². The van der Waals surface area contributed by atoms with Gasteiger partial charge in [0.15, 0.2) is 5.78 Å². The van der Waals surface area contributed by atoms with Crippen molar-refractivity contribution in [2.75, 3.05) is 0 Å². The summed E-state index contributed by atoms with van der Waals surface area (Å²) in [5.74, 6) is -0.519. The number of benzene rings is 1. The first-order valence-electron chi connectivity index (χ1n) is 5.59. The summed E-state index contributed by atoms with van der Waals surface area (Å²) in [6, 6.07) is 7.19. The third-order valence-electron chi connectivity index (χ3n) is 3.09. The van der Waals surface area contributed by atoms with Gasteiger partial charge in [-0.3, -0.25) is 14.6 Å². The Morgan fingerprint density at radius 1 is 1.22 bits per heavy atom. The lowest BCUT2D eigenvalue weighted by atomic mass is 9.87. The molecule has 88 valence electrons. The van der Waals surface area contributed by atoms with Crippen molar-refractivity contribution < 1.29 is 9.59 Å². The lowest BCUT2D eigenvalue weighted by Crippen LogP contribution is -2.24. The first-order valence-corrected chi connectivity index (χ1v) is 5.59. The number of amides is 1. The summed E-state index contributed by atoms with van der Waals surface area (Å²) in [4.78, 5) is 27.8. The molecule has 2 N–H and O–H groups in total. The number of nitrogens with zero attached hydrogens (tertiary/aromatic N) is 1. The summed E-state index contributed by atoms with van der Waals surface area (Å²) in [6.45, 7) is 0. The number of Topliss-reactive ketones (excluding diaryl/α,β-unsaturated/α-hetero) is 1. The fourth-order valence-corrected chi connectivity index (χ4v) is 2.14. The van der Waals surface area contributed by atoms with Gasteiger partial charge in [0, 0.05) is 23.1 Å². The van der Waals surface area contributed by atoms with E-state index in [1.54, 1.807) is 24.3 Å². The molecule has 0 saturated heterocycles. The molecule has 1 aliphatic carbocycles. The monoisotopic (exact) mass is 238 g/mol. The summed E-state index contributed by atoms with van der Waals surface area (Å²) in [6.07, 6.45) is 3.55. The lowest BCUT2D eigenvalue weighted by Gasteiger charge is -2.20. The van der Waals surface area contributed by atoms with E-state index in [2.05, 4.69) is 4.99 Å². The van der Waals surface area contributed by atoms with E-state index in [-0.39, 0.29) is 5.78 Å². The molecule has 4 heteroatoms. The van der Waals surface area contributed by atoms with E-state index < -0.39 is 5.91 Å². The molecule has 3 rings (SSSR count). The molecule has 0 saturated carbocycles. The van der Waals surface area contributed by atoms with Gasteiger partial charge >= 0.3 is 0 Å². The Kier molecular flexibility index (Phi) is 2.23. The Morgan fingerprint density at radius 2 is 2.00 bits per heavy atom. The zero-order valence-corrected chi connectivity index (χ0v) is 9.51. The molecule has 1 aromatic carbocycles. The fraction of sp³-hybridized carbons (Fsp3) is 0.0714. The van der Waals surface area contributed by atoms with Crippen LogP contribution < -0.4 is 5.73 Å². The molecule has 0 aromatic heterocycles. The van der Waals surface area contributed by atoms with Crippen LogP contribution in [0.4, 0.5) is 5.69 Å². The molecule has 0 unspecified atom stereocenters. The normalized spacial score (nSPS) is 17.1. The number of rotatable bonds is 1. The van der Waals surface area contributed by atoms with E-state index in [4.69, 9.17) is 5.73 Å². The Morgan fingerprint density at radius 3 is 2.78 bits per heavy atom. The van der Waals surface area contributed by atoms with Gasteiger partial charge in [0.05, 0.1) is 11.4 Å². The minimum absolute atomic E-state index is 0.0460. The number of aliphatic imine (C=N–C) groups is 1. The molecule has 1 aliphatic heterocycles. The number of primary amides is 1. The van der Waals surface area contributed by atoms with Gasteiger partial charge in [-0.15, -0.1) is 0 Å². The number of carbonyl (C=O) groups excluding carboxylic acids is 2. The number of ketones is 1. The molecular weight excluding hydrogens is 228 g/mol. The highest BCUT2D eigenvalue weighted by Gasteiger charge is 2.28. The predicted molar refractivity (Wildman–Crippen MR) is 67.8 cm³/mol. The van der Waals surface area contributed by atoms with Gasteiger partial charge in [-0.05, 0) is 18.2 Å². The van der Waals surface area contributed by atoms with Crippen LogP contribution in [0.5, 0.6) is 0 Å². The average molecular weight is 238 g/mol. The van der Waals surface area contributed by atoms with E-state index in [1.165, 1.54) is 0 Å². The number of nitrogens with two attached hydrogens (primary N) is 1. The second-order valence-electron chi connectivity index (χ2n) is 4.22. The number of allylic oxidation sites excluding steroid dienone is 3. The van der Waals surface area contributed by atoms with Gasteiger partial charge in [-0.25, -0.2) is 0 Å². The summed E-state index contributed by atoms with van der Waals surface area (Å²) in [5.41, 5.74) is 8.15. The smallest absolute Gasteiger partial charge is 0.245 e. The molecule has 1 aromatic rings. The van der Waals surface area contributed by atoms with E-state index in [1.807, 2.05) is 12.1 Å². The standard InChI is InChI=1S/C14H10N2O2/c15-14(18)8-5-6-10-12(7-8)16-11-4-2-1-3-9(11)13(10)17/h1-6H,7H2,(H2,15,18). The van der Waals surface area contributed by atoms with Crippen molar-refractivity contribution in [2.45, 2.75) is 6.42 Å². The molecule has 0 bridgehead atoms. The topological polar surface area (TPSA) is 72.5 Å². The number of fused-ring (bicyclic) bond motifs is 2. The molecule has 0 radical (unpaired) electrons. The molecule has 18 heavy (non-hydrogen) atoms. The third kappa shape index (κ3) is 1.50. The highest BCUT2D eigenvalue weighted by atomic mass is 16.1. The lowest BCUT2D eigenvalue weighted by molar-refractivity contribution is -0.114. The van der Waals surface area contributed by atoms with E-state index in [9.17, 15) is 9.59 Å². The van der Waals surface area contributed by atoms with Crippen LogP contribution in [0.15, 0.2) is 52.6 Å². The SMILES string of the molecule is NC(=O)C1=CC=C2C(=O)c3ccccc3N=C2C1. The minimum atomic E-state index is -0.473. The molecule has 0 spiro atoms. The molecule has 0 fully saturated rings. The first-order chi connectivity index (χ1) is 8.66. The maximum absolute atomic E-state index is 12.2. The zero-order valence-electron chi connectivity index (χ0n) is 9.51. The Labute approximate surface area is 104 Å². The van der Waals surface area contributed by atoms with Gasteiger partial charge in [-0.1, -0.05) is 18.2 Å². The summed E-state index contributed by atoms with van der Waals surface area (Å²) in [7, 11) is 0. The molecule has 1 amide bonds. The van der Waals surface area contributed by atoms with Crippen molar-refractivity contribution in [3.05, 3.63) is 53.1 Å². The molecule has 1 heterocycles. The third-order valence-corrected chi connectivity index (χ3v) is 3.09. The second-order valence-corrected chi connectivity index (χ2v) is 4.22. The van der Waals surface area contributed by atoms with Crippen LogP contribution in [-0.2, 0) is 4.79 Å². The van der Waals surface area contributed by atoms with Gasteiger partial charge in [0.2, 0.25) is 5.91 Å². The quantitative estimate of drug-likeness (QED) is 0.808. The summed E-state index contributed by atoms with van der Waals surface area (Å²) in [5, 5.41) is 0. The highest BCUT2D eigenvalue weighted by molar-refractivity contribution is 6.33. The maximum Gasteiger partial charge on any atom is 0.245 e. The van der Waals surface area contributed by atoms with Crippen molar-refractivity contribution >= 4 is 23.1 Å². The minimum Gasteiger partial charge on any atom is -0.366 e. The molecule has 2 aliphatic rings. The Bertz CT molecular complexity index is 666. The summed E-state index contributed by atoms with van der Waals surface area (Å²) < 4.78 is 0. The highest BCUT2D eigenvalue weighted by Crippen LogP contribution is 2.31. The number of hydrogen-bond donors (Lipinski definition) is 1. The second kappa shape index (κ2) is 3.77. The van der Waals surface area contributed by atoms with Gasteiger partial charge in [0.1, 0.15) is 0 Å². The Hall–Kier alpha value is -2.49.